The minimum atomic E-state index is -0.402. The van der Waals surface area contributed by atoms with Crippen molar-refractivity contribution < 1.29 is 9.53 Å². The molecule has 0 aromatic heterocycles. The van der Waals surface area contributed by atoms with Crippen molar-refractivity contribution >= 4 is 17.5 Å². The van der Waals surface area contributed by atoms with Gasteiger partial charge < -0.3 is 10.1 Å². The Labute approximate surface area is 95.0 Å². The van der Waals surface area contributed by atoms with Gasteiger partial charge in [-0.15, -0.1) is 0 Å². The Morgan fingerprint density at radius 3 is 3.06 bits per heavy atom. The fourth-order valence-electron chi connectivity index (χ4n) is 1.74. The van der Waals surface area contributed by atoms with Gasteiger partial charge in [0, 0.05) is 17.9 Å². The fourth-order valence-corrected chi connectivity index (χ4v) is 1.74. The molecule has 1 heterocycles. The molecule has 86 valence electrons. The predicted molar refractivity (Wildman–Crippen MR) is 63.9 cm³/mol. The standard InChI is InChI=1S/C12H16N2O2/c1-8(2)16-12(15)14-10-3-4-11-9(7-10)5-6-13-11/h3-4,7-8,13H,5-6H2,1-2H3,(H,14,15). The fraction of sp³-hybridized carbons (Fsp3) is 0.417. The Balaban J connectivity index is 2.02. The molecule has 4 nitrogen and oxygen atoms in total. The van der Waals surface area contributed by atoms with Gasteiger partial charge in [-0.2, -0.15) is 0 Å². The summed E-state index contributed by atoms with van der Waals surface area (Å²) in [5.41, 5.74) is 3.18. The number of anilines is 2. The molecule has 0 bridgehead atoms. The molecule has 0 unspecified atom stereocenters. The molecule has 0 spiro atoms. The van der Waals surface area contributed by atoms with Crippen LogP contribution in [0.1, 0.15) is 19.4 Å². The number of amides is 1. The van der Waals surface area contributed by atoms with Crippen LogP contribution in [-0.2, 0) is 11.2 Å². The molecular weight excluding hydrogens is 204 g/mol. The van der Waals surface area contributed by atoms with Crippen LogP contribution in [0, 0.1) is 0 Å². The van der Waals surface area contributed by atoms with Crippen molar-refractivity contribution in [1.82, 2.24) is 0 Å². The summed E-state index contributed by atoms with van der Waals surface area (Å²) < 4.78 is 5.01. The lowest BCUT2D eigenvalue weighted by Crippen LogP contribution is -2.17. The normalized spacial score (nSPS) is 13.2. The summed E-state index contributed by atoms with van der Waals surface area (Å²) in [6, 6.07) is 5.84. The van der Waals surface area contributed by atoms with Gasteiger partial charge >= 0.3 is 6.09 Å². The van der Waals surface area contributed by atoms with Gasteiger partial charge in [-0.1, -0.05) is 0 Å². The monoisotopic (exact) mass is 220 g/mol. The molecule has 2 rings (SSSR count). The molecule has 0 aliphatic carbocycles. The molecule has 1 aromatic carbocycles. The third-order valence-electron chi connectivity index (χ3n) is 2.40. The second-order valence-corrected chi connectivity index (χ2v) is 4.13. The van der Waals surface area contributed by atoms with E-state index in [0.29, 0.717) is 0 Å². The van der Waals surface area contributed by atoms with E-state index in [4.69, 9.17) is 4.74 Å². The highest BCUT2D eigenvalue weighted by molar-refractivity contribution is 5.85. The maximum atomic E-state index is 11.4. The number of hydrogen-bond donors (Lipinski definition) is 2. The summed E-state index contributed by atoms with van der Waals surface area (Å²) in [5.74, 6) is 0. The average Bonchev–Trinajstić information content (AvgIpc) is 2.63. The number of ether oxygens (including phenoxy) is 1. The maximum Gasteiger partial charge on any atom is 0.411 e. The van der Waals surface area contributed by atoms with Crippen LogP contribution in [0.4, 0.5) is 16.2 Å². The van der Waals surface area contributed by atoms with E-state index in [2.05, 4.69) is 10.6 Å². The van der Waals surface area contributed by atoms with Crippen LogP contribution in [0.3, 0.4) is 0 Å². The van der Waals surface area contributed by atoms with E-state index in [1.165, 1.54) is 5.56 Å². The van der Waals surface area contributed by atoms with Crippen LogP contribution in [0.25, 0.3) is 0 Å². The molecule has 1 amide bonds. The Kier molecular flexibility index (Phi) is 2.99. The third-order valence-corrected chi connectivity index (χ3v) is 2.40. The largest absolute Gasteiger partial charge is 0.447 e. The summed E-state index contributed by atoms with van der Waals surface area (Å²) in [4.78, 5) is 11.4. The van der Waals surface area contributed by atoms with Gasteiger partial charge in [0.25, 0.3) is 0 Å². The van der Waals surface area contributed by atoms with Crippen LogP contribution in [-0.4, -0.2) is 18.7 Å². The van der Waals surface area contributed by atoms with E-state index in [0.717, 1.165) is 24.3 Å². The molecule has 0 saturated carbocycles. The molecule has 0 fully saturated rings. The van der Waals surface area contributed by atoms with Crippen molar-refractivity contribution in [1.29, 1.82) is 0 Å². The number of fused-ring (bicyclic) bond motifs is 1. The summed E-state index contributed by atoms with van der Waals surface area (Å²) in [5, 5.41) is 5.98. The van der Waals surface area contributed by atoms with Crippen LogP contribution >= 0.6 is 0 Å². The quantitative estimate of drug-likeness (QED) is 0.805. The van der Waals surface area contributed by atoms with Crippen molar-refractivity contribution in [2.45, 2.75) is 26.4 Å². The van der Waals surface area contributed by atoms with E-state index in [1.807, 2.05) is 32.0 Å². The molecular formula is C12H16N2O2. The van der Waals surface area contributed by atoms with E-state index >= 15 is 0 Å². The second kappa shape index (κ2) is 4.43. The zero-order chi connectivity index (χ0) is 11.5. The van der Waals surface area contributed by atoms with E-state index in [1.54, 1.807) is 0 Å². The van der Waals surface area contributed by atoms with Gasteiger partial charge in [-0.05, 0) is 44.0 Å². The molecule has 1 aromatic rings. The van der Waals surface area contributed by atoms with Crippen LogP contribution < -0.4 is 10.6 Å². The highest BCUT2D eigenvalue weighted by Gasteiger charge is 2.11. The van der Waals surface area contributed by atoms with Gasteiger partial charge in [0.05, 0.1) is 6.10 Å². The molecule has 16 heavy (non-hydrogen) atoms. The molecule has 4 heteroatoms. The summed E-state index contributed by atoms with van der Waals surface area (Å²) in [6.45, 7) is 4.62. The van der Waals surface area contributed by atoms with E-state index in [9.17, 15) is 4.79 Å². The Morgan fingerprint density at radius 2 is 2.31 bits per heavy atom. The average molecular weight is 220 g/mol. The summed E-state index contributed by atoms with van der Waals surface area (Å²) >= 11 is 0. The smallest absolute Gasteiger partial charge is 0.411 e. The number of nitrogens with one attached hydrogen (secondary N) is 2. The molecule has 0 saturated heterocycles. The highest BCUT2D eigenvalue weighted by atomic mass is 16.6. The van der Waals surface area contributed by atoms with Crippen molar-refractivity contribution in [3.63, 3.8) is 0 Å². The lowest BCUT2D eigenvalue weighted by molar-refractivity contribution is 0.130. The summed E-state index contributed by atoms with van der Waals surface area (Å²) in [7, 11) is 0. The van der Waals surface area contributed by atoms with Gasteiger partial charge in [-0.25, -0.2) is 4.79 Å². The van der Waals surface area contributed by atoms with Crippen molar-refractivity contribution in [2.24, 2.45) is 0 Å². The Bertz CT molecular complexity index is 402. The van der Waals surface area contributed by atoms with E-state index in [-0.39, 0.29) is 6.10 Å². The van der Waals surface area contributed by atoms with Gasteiger partial charge in [0.1, 0.15) is 0 Å². The van der Waals surface area contributed by atoms with Crippen LogP contribution in [0.5, 0.6) is 0 Å². The first-order chi connectivity index (χ1) is 7.65. The highest BCUT2D eigenvalue weighted by Crippen LogP contribution is 2.25. The van der Waals surface area contributed by atoms with Crippen molar-refractivity contribution in [2.75, 3.05) is 17.2 Å². The number of hydrogen-bond acceptors (Lipinski definition) is 3. The van der Waals surface area contributed by atoms with Gasteiger partial charge in [-0.3, -0.25) is 5.32 Å². The first kappa shape index (κ1) is 10.8. The molecule has 1 aliphatic heterocycles. The second-order valence-electron chi connectivity index (χ2n) is 4.13. The van der Waals surface area contributed by atoms with E-state index < -0.39 is 6.09 Å². The SMILES string of the molecule is CC(C)OC(=O)Nc1ccc2c(c1)CCN2. The maximum absolute atomic E-state index is 11.4. The van der Waals surface area contributed by atoms with Gasteiger partial charge in [0.15, 0.2) is 0 Å². The lowest BCUT2D eigenvalue weighted by atomic mass is 10.1. The van der Waals surface area contributed by atoms with Crippen LogP contribution in [0.15, 0.2) is 18.2 Å². The predicted octanol–water partition coefficient (Wildman–Crippen LogP) is 2.61. The minimum Gasteiger partial charge on any atom is -0.447 e. The van der Waals surface area contributed by atoms with Crippen molar-refractivity contribution in [3.05, 3.63) is 23.8 Å². The minimum absolute atomic E-state index is 0.101. The molecule has 1 aliphatic rings. The number of rotatable bonds is 2. The number of carbonyl (C=O) groups is 1. The van der Waals surface area contributed by atoms with Crippen LogP contribution in [0.2, 0.25) is 0 Å². The molecule has 0 atom stereocenters. The molecule has 0 radical (unpaired) electrons. The zero-order valence-electron chi connectivity index (χ0n) is 9.54. The van der Waals surface area contributed by atoms with Crippen molar-refractivity contribution in [3.8, 4) is 0 Å². The first-order valence-electron chi connectivity index (χ1n) is 5.49. The summed E-state index contributed by atoms with van der Waals surface area (Å²) in [6.07, 6.45) is 0.501. The number of benzene rings is 1. The zero-order valence-corrected chi connectivity index (χ0v) is 9.54. The Hall–Kier alpha value is -1.71. The van der Waals surface area contributed by atoms with Gasteiger partial charge in [0.2, 0.25) is 0 Å². The number of carbonyl (C=O) groups excluding carboxylic acids is 1. The Morgan fingerprint density at radius 1 is 1.50 bits per heavy atom. The third kappa shape index (κ3) is 2.45. The lowest BCUT2D eigenvalue weighted by Gasteiger charge is -2.10. The first-order valence-corrected chi connectivity index (χ1v) is 5.49. The molecule has 2 N–H and O–H groups in total. The topological polar surface area (TPSA) is 50.4 Å².